The number of hydrogen-bond donors (Lipinski definition) is 7. The van der Waals surface area contributed by atoms with E-state index in [0.29, 0.717) is 6.42 Å². The Morgan fingerprint density at radius 2 is 1.12 bits per heavy atom. The molecule has 2 rings (SSSR count). The van der Waals surface area contributed by atoms with Crippen LogP contribution in [0.5, 0.6) is 0 Å². The van der Waals surface area contributed by atoms with Crippen molar-refractivity contribution in [1.29, 1.82) is 0 Å². The molecular formula is C28H46O13. The van der Waals surface area contributed by atoms with Crippen molar-refractivity contribution in [1.82, 2.24) is 0 Å². The third-order valence-electron chi connectivity index (χ3n) is 6.64. The van der Waals surface area contributed by atoms with Crippen molar-refractivity contribution in [2.24, 2.45) is 0 Å². The van der Waals surface area contributed by atoms with Crippen molar-refractivity contribution < 1.29 is 64.3 Å². The first-order chi connectivity index (χ1) is 19.6. The number of unbranched alkanes of at least 4 members (excludes halogenated alkanes) is 12. The fourth-order valence-corrected chi connectivity index (χ4v) is 4.20. The van der Waals surface area contributed by atoms with E-state index in [1.165, 1.54) is 57.8 Å². The SMILES string of the molecule is CCCCCCCCCCCCCCCC(=O)OC1=C(O)C(=O)O[C@@H]1[C@@H](O)CO.O=C1O[C@H]([C@@H](O)CO)C(O)=C1O. The first-order valence-corrected chi connectivity index (χ1v) is 14.3. The highest BCUT2D eigenvalue weighted by atomic mass is 16.6. The fourth-order valence-electron chi connectivity index (χ4n) is 4.20. The number of ether oxygens (including phenoxy) is 3. The van der Waals surface area contributed by atoms with E-state index in [1.807, 2.05) is 0 Å². The second-order valence-corrected chi connectivity index (χ2v) is 10.1. The van der Waals surface area contributed by atoms with Gasteiger partial charge in [-0.25, -0.2) is 9.59 Å². The third-order valence-corrected chi connectivity index (χ3v) is 6.64. The molecule has 0 saturated carbocycles. The van der Waals surface area contributed by atoms with Gasteiger partial charge in [0.25, 0.3) is 0 Å². The van der Waals surface area contributed by atoms with E-state index in [-0.39, 0.29) is 6.42 Å². The zero-order valence-corrected chi connectivity index (χ0v) is 23.7. The van der Waals surface area contributed by atoms with Crippen molar-refractivity contribution in [3.63, 3.8) is 0 Å². The summed E-state index contributed by atoms with van der Waals surface area (Å²) in [6, 6.07) is 0. The highest BCUT2D eigenvalue weighted by Gasteiger charge is 2.41. The molecule has 7 N–H and O–H groups in total. The Kier molecular flexibility index (Phi) is 17.7. The molecule has 0 fully saturated rings. The number of hydrogen-bond acceptors (Lipinski definition) is 13. The van der Waals surface area contributed by atoms with Gasteiger partial charge in [-0.1, -0.05) is 84.0 Å². The van der Waals surface area contributed by atoms with Gasteiger partial charge >= 0.3 is 17.9 Å². The lowest BCUT2D eigenvalue weighted by Crippen LogP contribution is -2.33. The van der Waals surface area contributed by atoms with E-state index in [4.69, 9.17) is 35.0 Å². The van der Waals surface area contributed by atoms with E-state index >= 15 is 0 Å². The largest absolute Gasteiger partial charge is 0.505 e. The molecule has 0 aromatic carbocycles. The molecule has 13 heteroatoms. The van der Waals surface area contributed by atoms with Crippen molar-refractivity contribution >= 4 is 17.9 Å². The topological polar surface area (TPSA) is 221 Å². The lowest BCUT2D eigenvalue weighted by molar-refractivity contribution is -0.151. The van der Waals surface area contributed by atoms with E-state index in [1.54, 1.807) is 0 Å². The zero-order valence-electron chi connectivity index (χ0n) is 23.7. The van der Waals surface area contributed by atoms with Crippen LogP contribution < -0.4 is 0 Å². The Hall–Kier alpha value is -2.87. The average Bonchev–Trinajstić information content (AvgIpc) is 3.39. The van der Waals surface area contributed by atoms with Gasteiger partial charge in [0.15, 0.2) is 18.0 Å². The van der Waals surface area contributed by atoms with Crippen molar-refractivity contribution in [2.75, 3.05) is 13.2 Å². The molecule has 4 atom stereocenters. The summed E-state index contributed by atoms with van der Waals surface area (Å²) in [7, 11) is 0. The van der Waals surface area contributed by atoms with Crippen LogP contribution in [0.4, 0.5) is 0 Å². The molecule has 0 spiro atoms. The average molecular weight is 591 g/mol. The second-order valence-electron chi connectivity index (χ2n) is 10.1. The molecular weight excluding hydrogens is 544 g/mol. The number of aliphatic hydroxyl groups is 7. The fraction of sp³-hybridized carbons (Fsp3) is 0.750. The summed E-state index contributed by atoms with van der Waals surface area (Å²) >= 11 is 0. The van der Waals surface area contributed by atoms with Crippen LogP contribution in [0.15, 0.2) is 23.0 Å². The van der Waals surface area contributed by atoms with Gasteiger partial charge in [-0.05, 0) is 6.42 Å². The summed E-state index contributed by atoms with van der Waals surface area (Å²) in [5.41, 5.74) is 0. The molecule has 0 amide bonds. The summed E-state index contributed by atoms with van der Waals surface area (Å²) in [6.07, 6.45) is 10.2. The molecule has 2 aliphatic rings. The summed E-state index contributed by atoms with van der Waals surface area (Å²) in [5, 5.41) is 63.3. The maximum Gasteiger partial charge on any atom is 0.378 e. The maximum atomic E-state index is 11.9. The van der Waals surface area contributed by atoms with Gasteiger partial charge in [0.1, 0.15) is 12.2 Å². The van der Waals surface area contributed by atoms with Gasteiger partial charge < -0.3 is 50.0 Å². The third kappa shape index (κ3) is 12.7. The van der Waals surface area contributed by atoms with Gasteiger partial charge in [0.05, 0.1) is 13.2 Å². The molecule has 41 heavy (non-hydrogen) atoms. The Morgan fingerprint density at radius 3 is 1.56 bits per heavy atom. The number of esters is 3. The second kappa shape index (κ2) is 20.1. The Bertz CT molecular complexity index is 882. The number of carbonyl (C=O) groups is 3. The molecule has 0 unspecified atom stereocenters. The molecule has 0 bridgehead atoms. The molecule has 0 saturated heterocycles. The van der Waals surface area contributed by atoms with E-state index < -0.39 is 78.6 Å². The zero-order chi connectivity index (χ0) is 30.8. The van der Waals surface area contributed by atoms with E-state index in [2.05, 4.69) is 11.7 Å². The quantitative estimate of drug-likeness (QED) is 0.0654. The summed E-state index contributed by atoms with van der Waals surface area (Å²) in [6.45, 7) is 0.873. The molecule has 2 heterocycles. The maximum absolute atomic E-state index is 11.9. The molecule has 2 aliphatic heterocycles. The number of rotatable bonds is 19. The van der Waals surface area contributed by atoms with Crippen LogP contribution in [0.1, 0.15) is 96.8 Å². The van der Waals surface area contributed by atoms with Crippen LogP contribution in [0.3, 0.4) is 0 Å². The van der Waals surface area contributed by atoms with E-state index in [0.717, 1.165) is 19.3 Å². The normalized spacial score (nSPS) is 19.9. The van der Waals surface area contributed by atoms with Crippen molar-refractivity contribution in [3.05, 3.63) is 23.0 Å². The van der Waals surface area contributed by atoms with Gasteiger partial charge in [-0.2, -0.15) is 0 Å². The smallest absolute Gasteiger partial charge is 0.378 e. The Balaban J connectivity index is 0.000000580. The Morgan fingerprint density at radius 1 is 0.707 bits per heavy atom. The van der Waals surface area contributed by atoms with Gasteiger partial charge in [0.2, 0.25) is 17.3 Å². The molecule has 0 aromatic heterocycles. The molecule has 0 aromatic rings. The predicted octanol–water partition coefficient (Wildman–Crippen LogP) is 2.65. The van der Waals surface area contributed by atoms with Gasteiger partial charge in [-0.15, -0.1) is 0 Å². The van der Waals surface area contributed by atoms with Crippen molar-refractivity contribution in [2.45, 2.75) is 121 Å². The van der Waals surface area contributed by atoms with Crippen LogP contribution >= 0.6 is 0 Å². The molecule has 13 nitrogen and oxygen atoms in total. The molecule has 0 radical (unpaired) electrons. The van der Waals surface area contributed by atoms with Crippen molar-refractivity contribution in [3.8, 4) is 0 Å². The first kappa shape index (κ1) is 36.2. The van der Waals surface area contributed by atoms with E-state index in [9.17, 15) is 24.6 Å². The summed E-state index contributed by atoms with van der Waals surface area (Å²) in [5.74, 6) is -5.70. The van der Waals surface area contributed by atoms with Gasteiger partial charge in [-0.3, -0.25) is 4.79 Å². The first-order valence-electron chi connectivity index (χ1n) is 14.3. The minimum absolute atomic E-state index is 0.157. The minimum Gasteiger partial charge on any atom is -0.505 e. The number of aliphatic hydroxyl groups excluding tert-OH is 7. The lowest BCUT2D eigenvalue weighted by atomic mass is 10.0. The highest BCUT2D eigenvalue weighted by Crippen LogP contribution is 2.26. The highest BCUT2D eigenvalue weighted by molar-refractivity contribution is 5.90. The van der Waals surface area contributed by atoms with Crippen LogP contribution in [0.2, 0.25) is 0 Å². The minimum atomic E-state index is -1.46. The monoisotopic (exact) mass is 590 g/mol. The predicted molar refractivity (Wildman–Crippen MR) is 144 cm³/mol. The summed E-state index contributed by atoms with van der Waals surface area (Å²) in [4.78, 5) is 33.8. The standard InChI is InChI=1S/C22H38O7.C6H8O6/c1-2-3-4-5-6-7-8-9-10-11-12-13-14-15-18(25)28-21-19(26)22(27)29-20(21)17(24)16-23;7-1-2(8)5-3(9)4(10)6(11)12-5/h17,20,23-24,26H,2-16H2,1H3;2,5,7-10H,1H2/t17-,20+;2-,5+/m00/s1. The van der Waals surface area contributed by atoms with Crippen LogP contribution in [-0.4, -0.2) is 91.3 Å². The number of cyclic esters (lactones) is 2. The van der Waals surface area contributed by atoms with Crippen LogP contribution in [0, 0.1) is 0 Å². The van der Waals surface area contributed by atoms with Gasteiger partial charge in [0, 0.05) is 6.42 Å². The molecule has 236 valence electrons. The number of carbonyl (C=O) groups excluding carboxylic acids is 3. The summed E-state index contributed by atoms with van der Waals surface area (Å²) < 4.78 is 14.0. The Labute approximate surface area is 240 Å². The molecule has 0 aliphatic carbocycles. The van der Waals surface area contributed by atoms with Crippen LogP contribution in [-0.2, 0) is 28.6 Å². The lowest BCUT2D eigenvalue weighted by Gasteiger charge is -2.17. The van der Waals surface area contributed by atoms with Crippen LogP contribution in [0.25, 0.3) is 0 Å².